The van der Waals surface area contributed by atoms with E-state index in [-0.39, 0.29) is 11.9 Å². The fourth-order valence-electron chi connectivity index (χ4n) is 2.27. The van der Waals surface area contributed by atoms with E-state index in [0.29, 0.717) is 13.1 Å². The highest BCUT2D eigenvalue weighted by molar-refractivity contribution is 5.84. The van der Waals surface area contributed by atoms with Crippen LogP contribution >= 0.6 is 0 Å². The Labute approximate surface area is 127 Å². The summed E-state index contributed by atoms with van der Waals surface area (Å²) in [7, 11) is 0. The number of nitrogens with zero attached hydrogens (tertiary/aromatic N) is 3. The quantitative estimate of drug-likeness (QED) is 0.768. The third-order valence-electron chi connectivity index (χ3n) is 3.44. The van der Waals surface area contributed by atoms with Crippen molar-refractivity contribution in [3.63, 3.8) is 0 Å². The lowest BCUT2D eigenvalue weighted by molar-refractivity contribution is -0.131. The molecule has 1 aromatic rings. The van der Waals surface area contributed by atoms with Crippen molar-refractivity contribution in [2.24, 2.45) is 0 Å². The number of carbonyl (C=O) groups excluding carboxylic acids is 1. The molecule has 1 heterocycles. The van der Waals surface area contributed by atoms with Gasteiger partial charge >= 0.3 is 0 Å². The molecule has 0 spiro atoms. The lowest BCUT2D eigenvalue weighted by Crippen LogP contribution is -2.41. The molecule has 2 N–H and O–H groups in total. The van der Waals surface area contributed by atoms with Crippen molar-refractivity contribution < 1.29 is 4.79 Å². The van der Waals surface area contributed by atoms with Crippen LogP contribution < -0.4 is 10.6 Å². The summed E-state index contributed by atoms with van der Waals surface area (Å²) in [5.41, 5.74) is 1.01. The predicted octanol–water partition coefficient (Wildman–Crippen LogP) is 2.14. The summed E-state index contributed by atoms with van der Waals surface area (Å²) in [6.45, 7) is 12.2. The van der Waals surface area contributed by atoms with Gasteiger partial charge in [-0.05, 0) is 34.1 Å². The zero-order valence-electron chi connectivity index (χ0n) is 13.7. The number of likely N-dealkylation sites (N-methyl/N-ethyl adjacent to an activating group) is 1. The summed E-state index contributed by atoms with van der Waals surface area (Å²) in [5.74, 6) is 1.65. The first-order valence-corrected chi connectivity index (χ1v) is 7.71. The van der Waals surface area contributed by atoms with E-state index in [9.17, 15) is 4.79 Å². The Morgan fingerprint density at radius 2 is 1.81 bits per heavy atom. The summed E-state index contributed by atoms with van der Waals surface area (Å²) in [4.78, 5) is 22.7. The number of nitrogens with one attached hydrogen (secondary N) is 2. The van der Waals surface area contributed by atoms with E-state index < -0.39 is 0 Å². The van der Waals surface area contributed by atoms with Crippen molar-refractivity contribution in [3.8, 4) is 0 Å². The average molecular weight is 293 g/mol. The molecule has 21 heavy (non-hydrogen) atoms. The van der Waals surface area contributed by atoms with Gasteiger partial charge in [0.25, 0.3) is 0 Å². The van der Waals surface area contributed by atoms with Gasteiger partial charge in [-0.15, -0.1) is 0 Å². The van der Waals surface area contributed by atoms with Gasteiger partial charge in [0, 0.05) is 25.2 Å². The van der Waals surface area contributed by atoms with Gasteiger partial charge in [0.15, 0.2) is 0 Å². The topological polar surface area (TPSA) is 70.1 Å². The minimum atomic E-state index is -0.306. The van der Waals surface area contributed by atoms with Crippen LogP contribution in [0.15, 0.2) is 6.33 Å². The smallest absolute Gasteiger partial charge is 0.244 e. The van der Waals surface area contributed by atoms with Crippen molar-refractivity contribution in [3.05, 3.63) is 11.9 Å². The maximum Gasteiger partial charge on any atom is 0.244 e. The van der Waals surface area contributed by atoms with Crippen molar-refractivity contribution in [1.29, 1.82) is 0 Å². The minimum Gasteiger partial charge on any atom is -0.370 e. The van der Waals surface area contributed by atoms with Crippen LogP contribution in [-0.4, -0.2) is 46.5 Å². The number of hydrogen-bond donors (Lipinski definition) is 2. The zero-order valence-corrected chi connectivity index (χ0v) is 13.7. The van der Waals surface area contributed by atoms with E-state index >= 15 is 0 Å². The SMILES string of the molecule is CCNc1ncnc(NC(C)C(=O)N(CC)CC)c1CC. The van der Waals surface area contributed by atoms with Gasteiger partial charge in [-0.2, -0.15) is 0 Å². The predicted molar refractivity (Wildman–Crippen MR) is 86.6 cm³/mol. The Hall–Kier alpha value is -1.85. The summed E-state index contributed by atoms with van der Waals surface area (Å²) in [5, 5.41) is 6.46. The summed E-state index contributed by atoms with van der Waals surface area (Å²) in [6.07, 6.45) is 2.33. The molecule has 0 saturated heterocycles. The second-order valence-corrected chi connectivity index (χ2v) is 4.81. The van der Waals surface area contributed by atoms with Crippen LogP contribution in [0.25, 0.3) is 0 Å². The van der Waals surface area contributed by atoms with Crippen molar-refractivity contribution in [2.75, 3.05) is 30.3 Å². The zero-order chi connectivity index (χ0) is 15.8. The number of rotatable bonds is 8. The first-order chi connectivity index (χ1) is 10.1. The van der Waals surface area contributed by atoms with Gasteiger partial charge in [0.05, 0.1) is 0 Å². The standard InChI is InChI=1S/C15H27N5O/c1-6-12-13(16-7-2)17-10-18-14(12)19-11(5)15(21)20(8-3)9-4/h10-11H,6-9H2,1-5H3,(H2,16,17,18,19). The molecular formula is C15H27N5O. The van der Waals surface area contributed by atoms with E-state index in [1.165, 1.54) is 6.33 Å². The molecule has 0 aliphatic rings. The first-order valence-electron chi connectivity index (χ1n) is 7.71. The molecule has 6 nitrogen and oxygen atoms in total. The normalized spacial score (nSPS) is 11.9. The number of hydrogen-bond acceptors (Lipinski definition) is 5. The maximum atomic E-state index is 12.3. The van der Waals surface area contributed by atoms with E-state index in [4.69, 9.17) is 0 Å². The molecule has 118 valence electrons. The lowest BCUT2D eigenvalue weighted by atomic mass is 10.2. The molecule has 1 atom stereocenters. The molecule has 1 aromatic heterocycles. The Balaban J connectivity index is 2.91. The van der Waals surface area contributed by atoms with Crippen LogP contribution in [0.2, 0.25) is 0 Å². The second-order valence-electron chi connectivity index (χ2n) is 4.81. The minimum absolute atomic E-state index is 0.0886. The number of amides is 1. The highest BCUT2D eigenvalue weighted by Crippen LogP contribution is 2.21. The van der Waals surface area contributed by atoms with E-state index in [1.807, 2.05) is 32.6 Å². The molecular weight excluding hydrogens is 266 g/mol. The molecule has 1 amide bonds. The van der Waals surface area contributed by atoms with Crippen LogP contribution in [0.3, 0.4) is 0 Å². The lowest BCUT2D eigenvalue weighted by Gasteiger charge is -2.24. The third-order valence-corrected chi connectivity index (χ3v) is 3.44. The Morgan fingerprint density at radius 1 is 1.19 bits per heavy atom. The molecule has 0 aliphatic heterocycles. The Bertz CT molecular complexity index is 459. The molecule has 0 fully saturated rings. The summed E-state index contributed by atoms with van der Waals surface area (Å²) < 4.78 is 0. The average Bonchev–Trinajstić information content (AvgIpc) is 2.49. The molecule has 0 bridgehead atoms. The molecule has 0 aliphatic carbocycles. The largest absolute Gasteiger partial charge is 0.370 e. The Morgan fingerprint density at radius 3 is 2.33 bits per heavy atom. The van der Waals surface area contributed by atoms with Crippen LogP contribution in [0.1, 0.15) is 40.2 Å². The van der Waals surface area contributed by atoms with Crippen LogP contribution in [0.5, 0.6) is 0 Å². The molecule has 1 unspecified atom stereocenters. The molecule has 0 radical (unpaired) electrons. The molecule has 0 saturated carbocycles. The van der Waals surface area contributed by atoms with Gasteiger partial charge in [0.2, 0.25) is 5.91 Å². The first kappa shape index (κ1) is 17.2. The highest BCUT2D eigenvalue weighted by atomic mass is 16.2. The van der Waals surface area contributed by atoms with Crippen LogP contribution in [-0.2, 0) is 11.2 Å². The van der Waals surface area contributed by atoms with E-state index in [1.54, 1.807) is 0 Å². The van der Waals surface area contributed by atoms with Gasteiger partial charge in [0.1, 0.15) is 24.0 Å². The maximum absolute atomic E-state index is 12.3. The second kappa shape index (κ2) is 8.44. The molecule has 6 heteroatoms. The summed E-state index contributed by atoms with van der Waals surface area (Å²) >= 11 is 0. The number of aromatic nitrogens is 2. The third kappa shape index (κ3) is 4.31. The van der Waals surface area contributed by atoms with Crippen LogP contribution in [0, 0.1) is 0 Å². The van der Waals surface area contributed by atoms with Crippen molar-refractivity contribution >= 4 is 17.5 Å². The van der Waals surface area contributed by atoms with Gasteiger partial charge in [-0.25, -0.2) is 9.97 Å². The number of anilines is 2. The fraction of sp³-hybridized carbons (Fsp3) is 0.667. The molecule has 1 rings (SSSR count). The fourth-order valence-corrected chi connectivity index (χ4v) is 2.27. The highest BCUT2D eigenvalue weighted by Gasteiger charge is 2.20. The monoisotopic (exact) mass is 293 g/mol. The molecule has 0 aromatic carbocycles. The van der Waals surface area contributed by atoms with Crippen LogP contribution in [0.4, 0.5) is 11.6 Å². The van der Waals surface area contributed by atoms with Gasteiger partial charge in [-0.3, -0.25) is 4.79 Å². The Kier molecular flexibility index (Phi) is 6.91. The van der Waals surface area contributed by atoms with Gasteiger partial charge in [-0.1, -0.05) is 6.92 Å². The number of carbonyl (C=O) groups is 1. The van der Waals surface area contributed by atoms with Crippen molar-refractivity contribution in [2.45, 2.75) is 47.1 Å². The van der Waals surface area contributed by atoms with E-state index in [2.05, 4.69) is 27.5 Å². The van der Waals surface area contributed by atoms with Gasteiger partial charge < -0.3 is 15.5 Å². The van der Waals surface area contributed by atoms with Crippen molar-refractivity contribution in [1.82, 2.24) is 14.9 Å². The summed E-state index contributed by atoms with van der Waals surface area (Å²) in [6, 6.07) is -0.306. The van der Waals surface area contributed by atoms with E-state index in [0.717, 1.165) is 30.2 Å².